The van der Waals surface area contributed by atoms with E-state index in [-0.39, 0.29) is 16.6 Å². The number of amides is 1. The summed E-state index contributed by atoms with van der Waals surface area (Å²) in [6.45, 7) is 4.82. The van der Waals surface area contributed by atoms with Crippen LogP contribution in [0.25, 0.3) is 11.4 Å². The number of rotatable bonds is 8. The number of aromatic nitrogens is 3. The first-order valence-electron chi connectivity index (χ1n) is 9.33. The second kappa shape index (κ2) is 9.41. The molecule has 158 valence electrons. The average molecular weight is 446 g/mol. The Morgan fingerprint density at radius 2 is 1.93 bits per heavy atom. The average Bonchev–Trinajstić information content (AvgIpc) is 3.09. The summed E-state index contributed by atoms with van der Waals surface area (Å²) in [5.41, 5.74) is 2.48. The summed E-state index contributed by atoms with van der Waals surface area (Å²) in [6.07, 6.45) is 0.900. The molecular formula is C20H23N5O3S2. The van der Waals surface area contributed by atoms with Crippen LogP contribution in [0, 0.1) is 6.92 Å². The molecule has 2 aromatic carbocycles. The molecule has 0 radical (unpaired) electrons. The lowest BCUT2D eigenvalue weighted by Gasteiger charge is -2.10. The van der Waals surface area contributed by atoms with Gasteiger partial charge in [-0.3, -0.25) is 4.79 Å². The third-order valence-corrected chi connectivity index (χ3v) is 6.10. The Balaban J connectivity index is 1.72. The smallest absolute Gasteiger partial charge is 0.238 e. The minimum Gasteiger partial charge on any atom is -0.325 e. The minimum atomic E-state index is -3.83. The quantitative estimate of drug-likeness (QED) is 0.514. The summed E-state index contributed by atoms with van der Waals surface area (Å²) in [4.78, 5) is 12.3. The summed E-state index contributed by atoms with van der Waals surface area (Å²) in [5.74, 6) is 0.592. The van der Waals surface area contributed by atoms with Crippen molar-refractivity contribution in [1.82, 2.24) is 14.8 Å². The first-order valence-corrected chi connectivity index (χ1v) is 11.9. The Hall–Kier alpha value is -2.69. The van der Waals surface area contributed by atoms with Crippen molar-refractivity contribution in [1.29, 1.82) is 0 Å². The van der Waals surface area contributed by atoms with Crippen LogP contribution in [-0.2, 0) is 21.4 Å². The number of carbonyl (C=O) groups is 1. The van der Waals surface area contributed by atoms with Gasteiger partial charge in [0.1, 0.15) is 0 Å². The van der Waals surface area contributed by atoms with E-state index in [1.807, 2.05) is 29.7 Å². The topological polar surface area (TPSA) is 120 Å². The van der Waals surface area contributed by atoms with E-state index in [1.54, 1.807) is 6.07 Å². The molecule has 1 aromatic heterocycles. The van der Waals surface area contributed by atoms with E-state index in [0.29, 0.717) is 10.8 Å². The molecule has 0 atom stereocenters. The number of benzene rings is 2. The molecule has 10 heteroatoms. The summed E-state index contributed by atoms with van der Waals surface area (Å²) in [6, 6.07) is 13.9. The number of sulfonamides is 1. The Kier molecular flexibility index (Phi) is 6.91. The molecule has 1 heterocycles. The predicted molar refractivity (Wildman–Crippen MR) is 118 cm³/mol. The molecule has 0 aliphatic heterocycles. The lowest BCUT2D eigenvalue weighted by Crippen LogP contribution is -2.16. The van der Waals surface area contributed by atoms with Crippen molar-refractivity contribution in [2.75, 3.05) is 11.1 Å². The standard InChI is InChI=1S/C20H23N5O3S2/c1-3-10-25-19(15-7-4-6-14(2)11-15)23-24-20(25)29-13-18(26)22-16-8-5-9-17(12-16)30(21,27)28/h4-9,11-12H,3,10,13H2,1-2H3,(H,22,26)(H2,21,27,28). The number of nitrogens with one attached hydrogen (secondary N) is 1. The monoisotopic (exact) mass is 445 g/mol. The Bertz CT molecular complexity index is 1160. The van der Waals surface area contributed by atoms with Gasteiger partial charge in [0, 0.05) is 17.8 Å². The third kappa shape index (κ3) is 5.47. The SMILES string of the molecule is CCCn1c(SCC(=O)Nc2cccc(S(N)(=O)=O)c2)nnc1-c1cccc(C)c1. The van der Waals surface area contributed by atoms with Gasteiger partial charge in [-0.15, -0.1) is 10.2 Å². The molecule has 0 bridgehead atoms. The number of hydrogen-bond donors (Lipinski definition) is 2. The summed E-state index contributed by atoms with van der Waals surface area (Å²) in [7, 11) is -3.83. The molecule has 0 unspecified atom stereocenters. The molecule has 0 fully saturated rings. The molecular weight excluding hydrogens is 422 g/mol. The van der Waals surface area contributed by atoms with Crippen LogP contribution in [0.3, 0.4) is 0 Å². The first kappa shape index (κ1) is 22.0. The largest absolute Gasteiger partial charge is 0.325 e. The second-order valence-corrected chi connectivity index (χ2v) is 9.24. The zero-order chi connectivity index (χ0) is 21.7. The summed E-state index contributed by atoms with van der Waals surface area (Å²) >= 11 is 1.28. The maximum Gasteiger partial charge on any atom is 0.238 e. The minimum absolute atomic E-state index is 0.0570. The van der Waals surface area contributed by atoms with E-state index >= 15 is 0 Å². The van der Waals surface area contributed by atoms with Gasteiger partial charge in [0.15, 0.2) is 11.0 Å². The highest BCUT2D eigenvalue weighted by molar-refractivity contribution is 7.99. The first-order chi connectivity index (χ1) is 14.3. The number of anilines is 1. The van der Waals surface area contributed by atoms with E-state index < -0.39 is 10.0 Å². The third-order valence-electron chi connectivity index (χ3n) is 4.22. The number of nitrogens with zero attached hydrogens (tertiary/aromatic N) is 3. The fourth-order valence-corrected chi connectivity index (χ4v) is 4.22. The Labute approximate surface area is 179 Å². The highest BCUT2D eigenvalue weighted by Crippen LogP contribution is 2.25. The highest BCUT2D eigenvalue weighted by atomic mass is 32.2. The summed E-state index contributed by atoms with van der Waals surface area (Å²) < 4.78 is 24.9. The molecule has 0 aliphatic carbocycles. The van der Waals surface area contributed by atoms with Gasteiger partial charge in [-0.25, -0.2) is 13.6 Å². The van der Waals surface area contributed by atoms with Crippen molar-refractivity contribution >= 4 is 33.4 Å². The number of primary sulfonamides is 1. The number of thioether (sulfide) groups is 1. The van der Waals surface area contributed by atoms with Crippen molar-refractivity contribution in [3.63, 3.8) is 0 Å². The molecule has 0 aliphatic rings. The van der Waals surface area contributed by atoms with Gasteiger partial charge in [0.05, 0.1) is 10.6 Å². The van der Waals surface area contributed by atoms with Crippen molar-refractivity contribution in [2.45, 2.75) is 36.9 Å². The summed E-state index contributed by atoms with van der Waals surface area (Å²) in [5, 5.41) is 17.1. The van der Waals surface area contributed by atoms with E-state index in [4.69, 9.17) is 5.14 Å². The van der Waals surface area contributed by atoms with E-state index in [2.05, 4.69) is 28.5 Å². The highest BCUT2D eigenvalue weighted by Gasteiger charge is 2.16. The fraction of sp³-hybridized carbons (Fsp3) is 0.250. The van der Waals surface area contributed by atoms with Crippen LogP contribution in [0.2, 0.25) is 0 Å². The fourth-order valence-electron chi connectivity index (χ4n) is 2.90. The predicted octanol–water partition coefficient (Wildman–Crippen LogP) is 3.04. The van der Waals surface area contributed by atoms with Gasteiger partial charge < -0.3 is 9.88 Å². The lowest BCUT2D eigenvalue weighted by atomic mass is 10.1. The van der Waals surface area contributed by atoms with Crippen molar-refractivity contribution < 1.29 is 13.2 Å². The van der Waals surface area contributed by atoms with Crippen LogP contribution in [0.1, 0.15) is 18.9 Å². The molecule has 0 spiro atoms. The van der Waals surface area contributed by atoms with Gasteiger partial charge in [-0.05, 0) is 37.6 Å². The van der Waals surface area contributed by atoms with Gasteiger partial charge in [0.25, 0.3) is 0 Å². The Morgan fingerprint density at radius 3 is 2.63 bits per heavy atom. The van der Waals surface area contributed by atoms with Gasteiger partial charge in [0.2, 0.25) is 15.9 Å². The molecule has 3 N–H and O–H groups in total. The van der Waals surface area contributed by atoms with Gasteiger partial charge >= 0.3 is 0 Å². The zero-order valence-corrected chi connectivity index (χ0v) is 18.3. The second-order valence-electron chi connectivity index (χ2n) is 6.74. The van der Waals surface area contributed by atoms with E-state index in [9.17, 15) is 13.2 Å². The number of nitrogens with two attached hydrogens (primary N) is 1. The molecule has 3 rings (SSSR count). The number of aryl methyl sites for hydroxylation is 1. The lowest BCUT2D eigenvalue weighted by molar-refractivity contribution is -0.113. The van der Waals surface area contributed by atoms with Crippen LogP contribution in [-0.4, -0.2) is 34.8 Å². The van der Waals surface area contributed by atoms with Crippen LogP contribution >= 0.6 is 11.8 Å². The molecule has 8 nitrogen and oxygen atoms in total. The van der Waals surface area contributed by atoms with Gasteiger partial charge in [-0.2, -0.15) is 0 Å². The molecule has 30 heavy (non-hydrogen) atoms. The van der Waals surface area contributed by atoms with Crippen molar-refractivity contribution in [3.8, 4) is 11.4 Å². The van der Waals surface area contributed by atoms with Crippen LogP contribution < -0.4 is 10.5 Å². The van der Waals surface area contributed by atoms with E-state index in [0.717, 1.165) is 29.9 Å². The molecule has 3 aromatic rings. The van der Waals surface area contributed by atoms with Crippen LogP contribution in [0.5, 0.6) is 0 Å². The van der Waals surface area contributed by atoms with Gasteiger partial charge in [-0.1, -0.05) is 48.5 Å². The molecule has 0 saturated carbocycles. The zero-order valence-electron chi connectivity index (χ0n) is 16.7. The maximum absolute atomic E-state index is 12.4. The Morgan fingerprint density at radius 1 is 1.17 bits per heavy atom. The number of carbonyl (C=O) groups excluding carboxylic acids is 1. The molecule has 0 saturated heterocycles. The van der Waals surface area contributed by atoms with Crippen LogP contribution in [0.4, 0.5) is 5.69 Å². The van der Waals surface area contributed by atoms with Crippen molar-refractivity contribution in [3.05, 3.63) is 54.1 Å². The van der Waals surface area contributed by atoms with E-state index in [1.165, 1.54) is 30.0 Å². The maximum atomic E-state index is 12.4. The van der Waals surface area contributed by atoms with Crippen molar-refractivity contribution in [2.24, 2.45) is 5.14 Å². The van der Waals surface area contributed by atoms with Crippen LogP contribution in [0.15, 0.2) is 58.6 Å². The normalized spacial score (nSPS) is 11.4. The number of hydrogen-bond acceptors (Lipinski definition) is 6. The molecule has 1 amide bonds.